The van der Waals surface area contributed by atoms with Gasteiger partial charge in [0.25, 0.3) is 0 Å². The Balaban J connectivity index is 1.74. The maximum absolute atomic E-state index is 4.96. The number of rotatable bonds is 4. The third kappa shape index (κ3) is 3.75. The molecule has 0 spiro atoms. The summed E-state index contributed by atoms with van der Waals surface area (Å²) in [5, 5.41) is 4.77. The molecule has 3 aromatic rings. The van der Waals surface area contributed by atoms with E-state index in [9.17, 15) is 0 Å². The van der Waals surface area contributed by atoms with Crippen molar-refractivity contribution in [2.24, 2.45) is 0 Å². The van der Waals surface area contributed by atoms with Crippen LogP contribution in [0, 0.1) is 6.92 Å². The molecule has 1 aromatic heterocycles. The van der Waals surface area contributed by atoms with Gasteiger partial charge in [-0.15, -0.1) is 0 Å². The minimum atomic E-state index is -0.232. The van der Waals surface area contributed by atoms with Gasteiger partial charge in [0.15, 0.2) is 0 Å². The first kappa shape index (κ1) is 17.8. The maximum atomic E-state index is 4.96. The second kappa shape index (κ2) is 7.18. The highest BCUT2D eigenvalue weighted by Gasteiger charge is 2.23. The number of hydrogen-bond acceptors (Lipinski definition) is 4. The van der Waals surface area contributed by atoms with Gasteiger partial charge in [-0.2, -0.15) is 4.98 Å². The molecule has 1 N–H and O–H groups in total. The molecule has 2 heterocycles. The Labute approximate surface area is 161 Å². The molecular formula is C23H28N4. The van der Waals surface area contributed by atoms with Crippen molar-refractivity contribution in [1.29, 1.82) is 0 Å². The predicted molar refractivity (Wildman–Crippen MR) is 113 cm³/mol. The normalized spacial score (nSPS) is 15.1. The zero-order chi connectivity index (χ0) is 18.9. The van der Waals surface area contributed by atoms with Crippen molar-refractivity contribution in [2.45, 2.75) is 45.6 Å². The summed E-state index contributed by atoms with van der Waals surface area (Å²) in [6, 6.07) is 17.0. The van der Waals surface area contributed by atoms with Crippen LogP contribution in [-0.4, -0.2) is 23.1 Å². The van der Waals surface area contributed by atoms with Crippen LogP contribution >= 0.6 is 0 Å². The third-order valence-electron chi connectivity index (χ3n) is 5.43. The number of piperidine rings is 1. The summed E-state index contributed by atoms with van der Waals surface area (Å²) in [7, 11) is 0. The molecule has 1 aliphatic heterocycles. The largest absolute Gasteiger partial charge is 0.360 e. The molecule has 4 rings (SSSR count). The van der Waals surface area contributed by atoms with Crippen LogP contribution in [0.1, 0.15) is 44.2 Å². The summed E-state index contributed by atoms with van der Waals surface area (Å²) in [4.78, 5) is 12.1. The number of hydrogen-bond donors (Lipinski definition) is 1. The van der Waals surface area contributed by atoms with Crippen LogP contribution in [0.2, 0.25) is 0 Å². The lowest BCUT2D eigenvalue weighted by atomic mass is 9.93. The average Bonchev–Trinajstić information content (AvgIpc) is 2.69. The van der Waals surface area contributed by atoms with E-state index < -0.39 is 0 Å². The minimum absolute atomic E-state index is 0.232. The number of anilines is 2. The van der Waals surface area contributed by atoms with E-state index >= 15 is 0 Å². The van der Waals surface area contributed by atoms with Crippen LogP contribution in [0.3, 0.4) is 0 Å². The van der Waals surface area contributed by atoms with Crippen molar-refractivity contribution < 1.29 is 0 Å². The van der Waals surface area contributed by atoms with Crippen molar-refractivity contribution in [2.75, 3.05) is 23.3 Å². The highest BCUT2D eigenvalue weighted by atomic mass is 15.3. The van der Waals surface area contributed by atoms with E-state index in [-0.39, 0.29) is 5.54 Å². The fourth-order valence-electron chi connectivity index (χ4n) is 3.73. The third-order valence-corrected chi connectivity index (χ3v) is 5.43. The van der Waals surface area contributed by atoms with Gasteiger partial charge in [-0.25, -0.2) is 4.98 Å². The first-order valence-electron chi connectivity index (χ1n) is 9.90. The molecule has 27 heavy (non-hydrogen) atoms. The Morgan fingerprint density at radius 2 is 1.59 bits per heavy atom. The summed E-state index contributed by atoms with van der Waals surface area (Å²) >= 11 is 0. The predicted octanol–water partition coefficient (Wildman–Crippen LogP) is 5.28. The number of nitrogens with one attached hydrogen (secondary N) is 1. The lowest BCUT2D eigenvalue weighted by Crippen LogP contribution is -2.32. The van der Waals surface area contributed by atoms with E-state index in [0.29, 0.717) is 0 Å². The van der Waals surface area contributed by atoms with Crippen molar-refractivity contribution in [3.05, 3.63) is 59.7 Å². The Morgan fingerprint density at radius 3 is 2.33 bits per heavy atom. The molecule has 0 saturated carbocycles. The highest BCUT2D eigenvalue weighted by Crippen LogP contribution is 2.31. The summed E-state index contributed by atoms with van der Waals surface area (Å²) in [6.45, 7) is 8.61. The van der Waals surface area contributed by atoms with Gasteiger partial charge >= 0.3 is 0 Å². The Bertz CT molecular complexity index is 925. The molecule has 0 bridgehead atoms. The zero-order valence-electron chi connectivity index (χ0n) is 16.5. The minimum Gasteiger partial charge on any atom is -0.360 e. The summed E-state index contributed by atoms with van der Waals surface area (Å²) < 4.78 is 0. The van der Waals surface area contributed by atoms with Gasteiger partial charge in [0, 0.05) is 18.5 Å². The molecule has 0 unspecified atom stereocenters. The molecule has 2 aromatic carbocycles. The van der Waals surface area contributed by atoms with Crippen LogP contribution in [0.4, 0.5) is 11.8 Å². The number of para-hydroxylation sites is 1. The molecule has 1 fully saturated rings. The van der Waals surface area contributed by atoms with Gasteiger partial charge in [0.1, 0.15) is 5.82 Å². The van der Waals surface area contributed by atoms with Crippen molar-refractivity contribution in [1.82, 2.24) is 9.97 Å². The van der Waals surface area contributed by atoms with Crippen LogP contribution in [-0.2, 0) is 5.54 Å². The van der Waals surface area contributed by atoms with E-state index in [2.05, 4.69) is 73.5 Å². The van der Waals surface area contributed by atoms with Crippen LogP contribution in [0.5, 0.6) is 0 Å². The lowest BCUT2D eigenvalue weighted by molar-refractivity contribution is 0.567. The van der Waals surface area contributed by atoms with Crippen molar-refractivity contribution >= 4 is 22.7 Å². The topological polar surface area (TPSA) is 41.1 Å². The zero-order valence-corrected chi connectivity index (χ0v) is 16.5. The summed E-state index contributed by atoms with van der Waals surface area (Å²) in [6.07, 6.45) is 3.73. The van der Waals surface area contributed by atoms with E-state index in [0.717, 1.165) is 35.8 Å². The van der Waals surface area contributed by atoms with Crippen LogP contribution in [0.25, 0.3) is 10.9 Å². The fraction of sp³-hybridized carbons (Fsp3) is 0.391. The maximum Gasteiger partial charge on any atom is 0.227 e. The second-order valence-corrected chi connectivity index (χ2v) is 8.05. The van der Waals surface area contributed by atoms with Gasteiger partial charge in [0.2, 0.25) is 5.95 Å². The molecule has 140 valence electrons. The highest BCUT2D eigenvalue weighted by molar-refractivity contribution is 5.90. The molecule has 4 nitrogen and oxygen atoms in total. The lowest BCUT2D eigenvalue weighted by Gasteiger charge is -2.30. The van der Waals surface area contributed by atoms with E-state index in [1.165, 1.54) is 30.4 Å². The van der Waals surface area contributed by atoms with Gasteiger partial charge in [-0.3, -0.25) is 0 Å². The van der Waals surface area contributed by atoms with E-state index in [1.54, 1.807) is 0 Å². The van der Waals surface area contributed by atoms with Gasteiger partial charge < -0.3 is 10.2 Å². The number of fused-ring (bicyclic) bond motifs is 1. The van der Waals surface area contributed by atoms with Crippen molar-refractivity contribution in [3.63, 3.8) is 0 Å². The molecule has 0 amide bonds. The molecule has 4 heteroatoms. The average molecular weight is 361 g/mol. The molecule has 0 aliphatic carbocycles. The number of aryl methyl sites for hydroxylation is 1. The van der Waals surface area contributed by atoms with Crippen molar-refractivity contribution in [3.8, 4) is 0 Å². The van der Waals surface area contributed by atoms with Crippen LogP contribution < -0.4 is 10.2 Å². The van der Waals surface area contributed by atoms with Gasteiger partial charge in [0.05, 0.1) is 11.1 Å². The quantitative estimate of drug-likeness (QED) is 0.687. The first-order chi connectivity index (χ1) is 13.0. The summed E-state index contributed by atoms with van der Waals surface area (Å²) in [5.74, 6) is 1.75. The molecular weight excluding hydrogens is 332 g/mol. The Morgan fingerprint density at radius 1 is 0.889 bits per heavy atom. The Kier molecular flexibility index (Phi) is 4.73. The standard InChI is InChI=1S/C23H28N4/c1-17-11-13-18(14-12-17)23(2,3)26-21-19-9-5-6-10-20(19)24-22(25-21)27-15-7-4-8-16-27/h5-6,9-14H,4,7-8,15-16H2,1-3H3,(H,24,25,26). The second-order valence-electron chi connectivity index (χ2n) is 8.05. The summed E-state index contributed by atoms with van der Waals surface area (Å²) in [5.41, 5.74) is 3.28. The first-order valence-corrected chi connectivity index (χ1v) is 9.90. The molecule has 0 atom stereocenters. The Hall–Kier alpha value is -2.62. The molecule has 0 radical (unpaired) electrons. The van der Waals surface area contributed by atoms with E-state index in [1.807, 2.05) is 6.07 Å². The molecule has 1 saturated heterocycles. The number of aromatic nitrogens is 2. The number of nitrogens with zero attached hydrogens (tertiary/aromatic N) is 3. The molecule has 1 aliphatic rings. The fourth-order valence-corrected chi connectivity index (χ4v) is 3.73. The number of benzene rings is 2. The van der Waals surface area contributed by atoms with Gasteiger partial charge in [-0.1, -0.05) is 42.0 Å². The van der Waals surface area contributed by atoms with Gasteiger partial charge in [-0.05, 0) is 57.7 Å². The van der Waals surface area contributed by atoms with Crippen LogP contribution in [0.15, 0.2) is 48.5 Å². The van der Waals surface area contributed by atoms with E-state index in [4.69, 9.17) is 9.97 Å². The monoisotopic (exact) mass is 360 g/mol. The smallest absolute Gasteiger partial charge is 0.227 e. The SMILES string of the molecule is Cc1ccc(C(C)(C)Nc2nc(N3CCCCC3)nc3ccccc23)cc1.